The van der Waals surface area contributed by atoms with Crippen LogP contribution in [0.4, 0.5) is 4.79 Å². The number of ether oxygens (including phenoxy) is 1. The van der Waals surface area contributed by atoms with Crippen LogP contribution >= 0.6 is 0 Å². The molecular weight excluding hydrogens is 350 g/mol. The largest absolute Gasteiger partial charge is 0.497 e. The second-order valence-corrected chi connectivity index (χ2v) is 5.89. The third-order valence-corrected chi connectivity index (χ3v) is 3.99. The van der Waals surface area contributed by atoms with Crippen LogP contribution in [0.1, 0.15) is 25.5 Å². The summed E-state index contributed by atoms with van der Waals surface area (Å²) in [6.07, 6.45) is 2.03. The van der Waals surface area contributed by atoms with Gasteiger partial charge in [0, 0.05) is 12.0 Å². The molecule has 1 aliphatic rings. The van der Waals surface area contributed by atoms with Crippen LogP contribution in [0, 0.1) is 0 Å². The normalized spacial score (nSPS) is 14.4. The molecule has 0 N–H and O–H groups in total. The summed E-state index contributed by atoms with van der Waals surface area (Å²) >= 11 is 0. The molecule has 1 fully saturated rings. The summed E-state index contributed by atoms with van der Waals surface area (Å²) in [5.74, 6) is 0.701. The van der Waals surface area contributed by atoms with Crippen molar-refractivity contribution in [2.75, 3.05) is 13.7 Å². The van der Waals surface area contributed by atoms with Gasteiger partial charge < -0.3 is 9.15 Å². The highest BCUT2D eigenvalue weighted by Crippen LogP contribution is 2.24. The van der Waals surface area contributed by atoms with Crippen molar-refractivity contribution in [3.05, 3.63) is 42.2 Å². The zero-order chi connectivity index (χ0) is 19.4. The molecule has 0 bridgehead atoms. The van der Waals surface area contributed by atoms with E-state index in [4.69, 9.17) is 9.15 Å². The Morgan fingerprint density at radius 1 is 1.22 bits per heavy atom. The predicted octanol–water partition coefficient (Wildman–Crippen LogP) is 2.88. The Balaban J connectivity index is 1.70. The van der Waals surface area contributed by atoms with Gasteiger partial charge in [-0.25, -0.2) is 9.80 Å². The molecule has 140 valence electrons. The third-order valence-electron chi connectivity index (χ3n) is 3.99. The van der Waals surface area contributed by atoms with Gasteiger partial charge in [-0.2, -0.15) is 10.0 Å². The highest BCUT2D eigenvalue weighted by molar-refractivity contribution is 6.15. The molecule has 3 rings (SSSR count). The van der Waals surface area contributed by atoms with E-state index in [9.17, 15) is 14.4 Å². The standard InChI is InChI=1S/C19H19N3O5/c1-3-4-17(23)22-18(24)12-21(19(22)25)20-11-15-9-10-16(27-15)13-5-7-14(26-2)8-6-13/h5-11H,3-4,12H2,1-2H3/b20-11+. The first-order valence-electron chi connectivity index (χ1n) is 8.49. The Bertz CT molecular complexity index is 885. The number of rotatable bonds is 6. The molecule has 1 saturated heterocycles. The number of carbonyl (C=O) groups is 3. The van der Waals surface area contributed by atoms with Gasteiger partial charge in [-0.1, -0.05) is 6.92 Å². The second kappa shape index (κ2) is 7.86. The van der Waals surface area contributed by atoms with Crippen LogP contribution in [-0.4, -0.2) is 47.6 Å². The zero-order valence-corrected chi connectivity index (χ0v) is 15.0. The van der Waals surface area contributed by atoms with Crippen molar-refractivity contribution in [3.63, 3.8) is 0 Å². The Labute approximate surface area is 156 Å². The van der Waals surface area contributed by atoms with E-state index in [0.717, 1.165) is 16.3 Å². The molecular formula is C19H19N3O5. The number of carbonyl (C=O) groups excluding carboxylic acids is 3. The third kappa shape index (κ3) is 3.89. The molecule has 0 unspecified atom stereocenters. The van der Waals surface area contributed by atoms with Gasteiger partial charge in [-0.15, -0.1) is 0 Å². The Morgan fingerprint density at radius 3 is 2.63 bits per heavy atom. The van der Waals surface area contributed by atoms with Crippen LogP contribution in [0.15, 0.2) is 45.9 Å². The van der Waals surface area contributed by atoms with Crippen molar-refractivity contribution in [3.8, 4) is 17.1 Å². The molecule has 4 amide bonds. The number of urea groups is 1. The van der Waals surface area contributed by atoms with Gasteiger partial charge >= 0.3 is 6.03 Å². The lowest BCUT2D eigenvalue weighted by atomic mass is 10.2. The van der Waals surface area contributed by atoms with E-state index < -0.39 is 17.8 Å². The Hall–Kier alpha value is -3.42. The summed E-state index contributed by atoms with van der Waals surface area (Å²) in [6.45, 7) is 1.53. The van der Waals surface area contributed by atoms with Gasteiger partial charge in [0.25, 0.3) is 5.91 Å². The number of hydrogen-bond acceptors (Lipinski definition) is 6. The SMILES string of the molecule is CCCC(=O)N1C(=O)CN(/N=C/c2ccc(-c3ccc(OC)cc3)o2)C1=O. The number of furan rings is 1. The molecule has 0 aliphatic carbocycles. The molecule has 27 heavy (non-hydrogen) atoms. The Kier molecular flexibility index (Phi) is 5.35. The molecule has 0 radical (unpaired) electrons. The maximum Gasteiger partial charge on any atom is 0.354 e. The number of hydrogen-bond donors (Lipinski definition) is 0. The van der Waals surface area contributed by atoms with Gasteiger partial charge in [0.15, 0.2) is 0 Å². The van der Waals surface area contributed by atoms with Gasteiger partial charge in [0.05, 0.1) is 13.3 Å². The predicted molar refractivity (Wildman–Crippen MR) is 97.2 cm³/mol. The molecule has 1 aromatic carbocycles. The van der Waals surface area contributed by atoms with Gasteiger partial charge in [-0.3, -0.25) is 9.59 Å². The molecule has 8 heteroatoms. The summed E-state index contributed by atoms with van der Waals surface area (Å²) in [4.78, 5) is 36.6. The molecule has 8 nitrogen and oxygen atoms in total. The average Bonchev–Trinajstić information content (AvgIpc) is 3.24. The maximum atomic E-state index is 12.2. The molecule has 0 spiro atoms. The van der Waals surface area contributed by atoms with E-state index in [2.05, 4.69) is 5.10 Å². The van der Waals surface area contributed by atoms with Gasteiger partial charge in [-0.05, 0) is 42.8 Å². The maximum absolute atomic E-state index is 12.2. The minimum absolute atomic E-state index is 0.137. The first-order valence-corrected chi connectivity index (χ1v) is 8.49. The fourth-order valence-electron chi connectivity index (χ4n) is 2.61. The fraction of sp³-hybridized carbons (Fsp3) is 0.263. The fourth-order valence-corrected chi connectivity index (χ4v) is 2.61. The highest BCUT2D eigenvalue weighted by Gasteiger charge is 2.40. The highest BCUT2D eigenvalue weighted by atomic mass is 16.5. The summed E-state index contributed by atoms with van der Waals surface area (Å²) in [5.41, 5.74) is 0.860. The van der Waals surface area contributed by atoms with Crippen LogP contribution in [-0.2, 0) is 9.59 Å². The van der Waals surface area contributed by atoms with E-state index in [1.165, 1.54) is 6.21 Å². The van der Waals surface area contributed by atoms with Crippen LogP contribution < -0.4 is 4.74 Å². The van der Waals surface area contributed by atoms with Crippen molar-refractivity contribution < 1.29 is 23.5 Å². The van der Waals surface area contributed by atoms with Gasteiger partial charge in [0.2, 0.25) is 5.91 Å². The number of hydrazone groups is 1. The van der Waals surface area contributed by atoms with E-state index in [-0.39, 0.29) is 13.0 Å². The van der Waals surface area contributed by atoms with Crippen LogP contribution in [0.25, 0.3) is 11.3 Å². The van der Waals surface area contributed by atoms with E-state index >= 15 is 0 Å². The molecule has 0 saturated carbocycles. The van der Waals surface area contributed by atoms with Crippen molar-refractivity contribution in [1.29, 1.82) is 0 Å². The first kappa shape index (κ1) is 18.4. The molecule has 1 aromatic heterocycles. The van der Waals surface area contributed by atoms with Crippen LogP contribution in [0.2, 0.25) is 0 Å². The molecule has 2 aromatic rings. The lowest BCUT2D eigenvalue weighted by molar-refractivity contribution is -0.138. The van der Waals surface area contributed by atoms with Crippen molar-refractivity contribution in [2.45, 2.75) is 19.8 Å². The van der Waals surface area contributed by atoms with Crippen LogP contribution in [0.3, 0.4) is 0 Å². The lowest BCUT2D eigenvalue weighted by Gasteiger charge is -2.11. The van der Waals surface area contributed by atoms with E-state index in [1.807, 2.05) is 24.3 Å². The average molecular weight is 369 g/mol. The number of amides is 4. The summed E-state index contributed by atoms with van der Waals surface area (Å²) in [5, 5.41) is 4.93. The topological polar surface area (TPSA) is 92.4 Å². The van der Waals surface area contributed by atoms with Crippen molar-refractivity contribution >= 4 is 24.1 Å². The minimum atomic E-state index is -0.739. The summed E-state index contributed by atoms with van der Waals surface area (Å²) in [6, 6.07) is 10.1. The van der Waals surface area contributed by atoms with Gasteiger partial charge in [0.1, 0.15) is 23.8 Å². The second-order valence-electron chi connectivity index (χ2n) is 5.89. The summed E-state index contributed by atoms with van der Waals surface area (Å²) < 4.78 is 10.8. The minimum Gasteiger partial charge on any atom is -0.497 e. The lowest BCUT2D eigenvalue weighted by Crippen LogP contribution is -2.36. The molecule has 0 atom stereocenters. The molecule has 2 heterocycles. The smallest absolute Gasteiger partial charge is 0.354 e. The Morgan fingerprint density at radius 2 is 1.96 bits per heavy atom. The molecule has 1 aliphatic heterocycles. The quantitative estimate of drug-likeness (QED) is 0.577. The van der Waals surface area contributed by atoms with Crippen molar-refractivity contribution in [2.24, 2.45) is 5.10 Å². The monoisotopic (exact) mass is 369 g/mol. The van der Waals surface area contributed by atoms with Crippen LogP contribution in [0.5, 0.6) is 5.75 Å². The number of nitrogens with zero attached hydrogens (tertiary/aromatic N) is 3. The zero-order valence-electron chi connectivity index (χ0n) is 15.0. The summed E-state index contributed by atoms with van der Waals surface area (Å²) in [7, 11) is 1.60. The van der Waals surface area contributed by atoms with Crippen molar-refractivity contribution in [1.82, 2.24) is 9.91 Å². The number of methoxy groups -OCH3 is 1. The number of imide groups is 3. The number of benzene rings is 1. The van der Waals surface area contributed by atoms with E-state index in [0.29, 0.717) is 22.8 Å². The van der Waals surface area contributed by atoms with E-state index in [1.54, 1.807) is 26.2 Å². The first-order chi connectivity index (χ1) is 13.0.